The Morgan fingerprint density at radius 3 is 2.48 bits per heavy atom. The van der Waals surface area contributed by atoms with Crippen LogP contribution in [0.25, 0.3) is 0 Å². The summed E-state index contributed by atoms with van der Waals surface area (Å²) in [6, 6.07) is 7.02. The van der Waals surface area contributed by atoms with E-state index in [0.717, 1.165) is 11.0 Å². The first-order chi connectivity index (χ1) is 14.0. The van der Waals surface area contributed by atoms with E-state index in [2.05, 4.69) is 5.32 Å². The van der Waals surface area contributed by atoms with E-state index < -0.39 is 10.0 Å². The van der Waals surface area contributed by atoms with Crippen LogP contribution in [0, 0.1) is 5.92 Å². The first-order valence-corrected chi connectivity index (χ1v) is 13.6. The number of rotatable bonds is 8. The van der Waals surface area contributed by atoms with E-state index in [1.807, 2.05) is 11.8 Å². The molecule has 2 fully saturated rings. The van der Waals surface area contributed by atoms with Crippen LogP contribution in [0.1, 0.15) is 50.5 Å². The predicted octanol–water partition coefficient (Wildman–Crippen LogP) is 4.06. The van der Waals surface area contributed by atoms with Gasteiger partial charge in [0.05, 0.1) is 5.75 Å². The van der Waals surface area contributed by atoms with Crippen LogP contribution in [0.4, 0.5) is 0 Å². The quantitative estimate of drug-likeness (QED) is 0.596. The molecule has 0 spiro atoms. The Bertz CT molecular complexity index is 774. The average Bonchev–Trinajstić information content (AvgIpc) is 2.73. The van der Waals surface area contributed by atoms with Gasteiger partial charge in [-0.2, -0.15) is 11.8 Å². The van der Waals surface area contributed by atoms with Crippen molar-refractivity contribution in [2.75, 3.05) is 25.4 Å². The van der Waals surface area contributed by atoms with Gasteiger partial charge in [-0.15, -0.1) is 0 Å². The van der Waals surface area contributed by atoms with Crippen molar-refractivity contribution < 1.29 is 13.2 Å². The van der Waals surface area contributed by atoms with E-state index in [1.54, 1.807) is 24.3 Å². The van der Waals surface area contributed by atoms with Gasteiger partial charge in [0, 0.05) is 41.6 Å². The Morgan fingerprint density at radius 1 is 1.10 bits per heavy atom. The summed E-state index contributed by atoms with van der Waals surface area (Å²) in [6.07, 6.45) is 7.79. The van der Waals surface area contributed by atoms with Crippen LogP contribution in [0.5, 0.6) is 0 Å². The van der Waals surface area contributed by atoms with E-state index in [1.165, 1.54) is 36.4 Å². The highest BCUT2D eigenvalue weighted by molar-refractivity contribution is 7.99. The van der Waals surface area contributed by atoms with E-state index in [-0.39, 0.29) is 17.6 Å². The molecule has 1 aromatic rings. The minimum absolute atomic E-state index is 0.0670. The van der Waals surface area contributed by atoms with E-state index >= 15 is 0 Å². The molecule has 0 bridgehead atoms. The molecule has 29 heavy (non-hydrogen) atoms. The maximum atomic E-state index is 12.7. The monoisotopic (exact) mass is 458 g/mol. The summed E-state index contributed by atoms with van der Waals surface area (Å²) in [6.45, 7) is 1.48. The van der Waals surface area contributed by atoms with Crippen LogP contribution in [0.2, 0.25) is 5.02 Å². The standard InChI is InChI=1S/C21H31ClN2O3S2/c22-20-9-5-4-6-18(20)16-29(26,27)24-13-10-17(11-14-24)21(25)23-12-15-28-19-7-2-1-3-8-19/h4-6,9,17,19H,1-3,7-8,10-16H2,(H,23,25). The smallest absolute Gasteiger partial charge is 0.223 e. The zero-order valence-corrected chi connectivity index (χ0v) is 19.2. The largest absolute Gasteiger partial charge is 0.355 e. The van der Waals surface area contributed by atoms with Crippen LogP contribution >= 0.6 is 23.4 Å². The molecule has 1 aromatic carbocycles. The average molecular weight is 459 g/mol. The Labute approximate surface area is 184 Å². The number of sulfonamides is 1. The molecule has 0 unspecified atom stereocenters. The molecule has 1 saturated carbocycles. The zero-order chi connectivity index (χ0) is 20.7. The minimum atomic E-state index is -3.43. The van der Waals surface area contributed by atoms with Crippen molar-refractivity contribution in [3.05, 3.63) is 34.9 Å². The predicted molar refractivity (Wildman–Crippen MR) is 121 cm³/mol. The number of nitrogens with zero attached hydrogens (tertiary/aromatic N) is 1. The molecule has 2 aliphatic rings. The van der Waals surface area contributed by atoms with Crippen molar-refractivity contribution in [3.8, 4) is 0 Å². The lowest BCUT2D eigenvalue weighted by Gasteiger charge is -2.30. The lowest BCUT2D eigenvalue weighted by atomic mass is 9.97. The van der Waals surface area contributed by atoms with Gasteiger partial charge in [0.2, 0.25) is 15.9 Å². The molecule has 1 saturated heterocycles. The Kier molecular flexibility index (Phi) is 8.71. The molecule has 8 heteroatoms. The number of piperidine rings is 1. The Morgan fingerprint density at radius 2 is 1.79 bits per heavy atom. The number of hydrogen-bond donors (Lipinski definition) is 1. The summed E-state index contributed by atoms with van der Waals surface area (Å²) in [7, 11) is -3.43. The van der Waals surface area contributed by atoms with Crippen molar-refractivity contribution in [2.45, 2.75) is 55.9 Å². The third-order valence-electron chi connectivity index (χ3n) is 5.82. The number of benzene rings is 1. The zero-order valence-electron chi connectivity index (χ0n) is 16.8. The molecule has 1 aliphatic heterocycles. The molecule has 3 rings (SSSR count). The molecular weight excluding hydrogens is 428 g/mol. The first kappa shape index (κ1) is 22.9. The highest BCUT2D eigenvalue weighted by Crippen LogP contribution is 2.28. The highest BCUT2D eigenvalue weighted by Gasteiger charge is 2.31. The van der Waals surface area contributed by atoms with Gasteiger partial charge in [-0.25, -0.2) is 12.7 Å². The van der Waals surface area contributed by atoms with E-state index in [0.29, 0.717) is 43.1 Å². The minimum Gasteiger partial charge on any atom is -0.355 e. The number of carbonyl (C=O) groups is 1. The van der Waals surface area contributed by atoms with Gasteiger partial charge in [-0.1, -0.05) is 49.1 Å². The van der Waals surface area contributed by atoms with Gasteiger partial charge in [0.1, 0.15) is 0 Å². The van der Waals surface area contributed by atoms with Crippen molar-refractivity contribution in [2.24, 2.45) is 5.92 Å². The molecule has 0 atom stereocenters. The summed E-state index contributed by atoms with van der Waals surface area (Å²) in [5.41, 5.74) is 0.615. The van der Waals surface area contributed by atoms with Crippen molar-refractivity contribution in [1.82, 2.24) is 9.62 Å². The Balaban J connectivity index is 1.38. The summed E-state index contributed by atoms with van der Waals surface area (Å²) >= 11 is 8.09. The van der Waals surface area contributed by atoms with Crippen LogP contribution in [-0.4, -0.2) is 49.3 Å². The topological polar surface area (TPSA) is 66.5 Å². The van der Waals surface area contributed by atoms with Crippen molar-refractivity contribution >= 4 is 39.3 Å². The van der Waals surface area contributed by atoms with Gasteiger partial charge in [-0.05, 0) is 37.3 Å². The molecule has 1 aliphatic carbocycles. The third-order valence-corrected chi connectivity index (χ3v) is 9.40. The van der Waals surface area contributed by atoms with Crippen LogP contribution in [0.3, 0.4) is 0 Å². The Hall–Kier alpha value is -0.760. The van der Waals surface area contributed by atoms with Crippen LogP contribution < -0.4 is 5.32 Å². The number of halogens is 1. The fourth-order valence-corrected chi connectivity index (χ4v) is 7.17. The summed E-state index contributed by atoms with van der Waals surface area (Å²) in [4.78, 5) is 12.4. The maximum Gasteiger partial charge on any atom is 0.223 e. The lowest BCUT2D eigenvalue weighted by Crippen LogP contribution is -2.43. The second-order valence-corrected chi connectivity index (χ2v) is 11.7. The van der Waals surface area contributed by atoms with E-state index in [9.17, 15) is 13.2 Å². The van der Waals surface area contributed by atoms with Gasteiger partial charge >= 0.3 is 0 Å². The maximum absolute atomic E-state index is 12.7. The van der Waals surface area contributed by atoms with Gasteiger partial charge < -0.3 is 5.32 Å². The number of hydrogen-bond acceptors (Lipinski definition) is 4. The number of amides is 1. The number of nitrogens with one attached hydrogen (secondary N) is 1. The molecule has 5 nitrogen and oxygen atoms in total. The number of carbonyl (C=O) groups excluding carboxylic acids is 1. The number of thioether (sulfide) groups is 1. The first-order valence-electron chi connectivity index (χ1n) is 10.6. The molecule has 0 radical (unpaired) electrons. The molecular formula is C21H31ClN2O3S2. The highest BCUT2D eigenvalue weighted by atomic mass is 35.5. The third kappa shape index (κ3) is 6.88. The van der Waals surface area contributed by atoms with Crippen LogP contribution in [-0.2, 0) is 20.6 Å². The fourth-order valence-electron chi connectivity index (χ4n) is 4.08. The summed E-state index contributed by atoms with van der Waals surface area (Å²) < 4.78 is 26.9. The normalized spacial score (nSPS) is 19.9. The van der Waals surface area contributed by atoms with E-state index in [4.69, 9.17) is 11.6 Å². The lowest BCUT2D eigenvalue weighted by molar-refractivity contribution is -0.125. The second kappa shape index (κ2) is 11.0. The van der Waals surface area contributed by atoms with Gasteiger partial charge in [0.15, 0.2) is 0 Å². The molecule has 162 valence electrons. The molecule has 1 N–H and O–H groups in total. The van der Waals surface area contributed by atoms with Crippen LogP contribution in [0.15, 0.2) is 24.3 Å². The van der Waals surface area contributed by atoms with Crippen molar-refractivity contribution in [3.63, 3.8) is 0 Å². The summed E-state index contributed by atoms with van der Waals surface area (Å²) in [5, 5.41) is 4.27. The van der Waals surface area contributed by atoms with Gasteiger partial charge in [-0.3, -0.25) is 4.79 Å². The van der Waals surface area contributed by atoms with Crippen molar-refractivity contribution in [1.29, 1.82) is 0 Å². The molecule has 1 heterocycles. The molecule has 0 aromatic heterocycles. The fraction of sp³-hybridized carbons (Fsp3) is 0.667. The molecule has 1 amide bonds. The second-order valence-electron chi connectivity index (χ2n) is 7.94. The van der Waals surface area contributed by atoms with Gasteiger partial charge in [0.25, 0.3) is 0 Å². The summed E-state index contributed by atoms with van der Waals surface area (Å²) in [5.74, 6) is 0.836. The SMILES string of the molecule is O=C(NCCSC1CCCCC1)C1CCN(S(=O)(=O)Cc2ccccc2Cl)CC1.